The Hall–Kier alpha value is -2.66. The number of hydrogen-bond donors (Lipinski definition) is 0. The highest BCUT2D eigenvalue weighted by Crippen LogP contribution is 2.17. The zero-order valence-corrected chi connectivity index (χ0v) is 13.3. The van der Waals surface area contributed by atoms with E-state index in [0.717, 1.165) is 6.07 Å². The largest absolute Gasteiger partial charge is 0.256 e. The van der Waals surface area contributed by atoms with Gasteiger partial charge in [0.05, 0.1) is 21.4 Å². The number of pyridine rings is 1. The third-order valence-electron chi connectivity index (χ3n) is 3.33. The van der Waals surface area contributed by atoms with Crippen molar-refractivity contribution in [2.45, 2.75) is 9.79 Å². The van der Waals surface area contributed by atoms with E-state index in [0.29, 0.717) is 15.5 Å². The molecule has 0 aliphatic heterocycles. The normalized spacial score (nSPS) is 12.4. The van der Waals surface area contributed by atoms with Gasteiger partial charge in [-0.25, -0.2) is 13.0 Å². The van der Waals surface area contributed by atoms with Gasteiger partial charge in [-0.1, -0.05) is 18.2 Å². The van der Waals surface area contributed by atoms with E-state index in [1.807, 2.05) is 18.2 Å². The van der Waals surface area contributed by atoms with Gasteiger partial charge in [-0.15, -0.1) is 0 Å². The number of benzene rings is 2. The van der Waals surface area contributed by atoms with Gasteiger partial charge in [0.15, 0.2) is 0 Å². The summed E-state index contributed by atoms with van der Waals surface area (Å²) in [5.74, 6) is -1.25. The molecule has 0 unspecified atom stereocenters. The predicted octanol–water partition coefficient (Wildman–Crippen LogP) is 4.70. The SMILES string of the molecule is O=[S@](c1ccccc1)c1ccc(C=Cc2ccc(F)cc2F)nc1. The fraction of sp³-hybridized carbons (Fsp3) is 0. The lowest BCUT2D eigenvalue weighted by atomic mass is 10.2. The van der Waals surface area contributed by atoms with Crippen LogP contribution in [0.1, 0.15) is 11.3 Å². The molecule has 0 N–H and O–H groups in total. The number of rotatable bonds is 4. The maximum atomic E-state index is 13.6. The summed E-state index contributed by atoms with van der Waals surface area (Å²) >= 11 is 0. The van der Waals surface area contributed by atoms with Crippen LogP contribution in [0.4, 0.5) is 8.78 Å². The minimum absolute atomic E-state index is 0.273. The highest BCUT2D eigenvalue weighted by Gasteiger charge is 2.06. The van der Waals surface area contributed by atoms with Crippen molar-refractivity contribution in [3.8, 4) is 0 Å². The van der Waals surface area contributed by atoms with E-state index in [-0.39, 0.29) is 5.56 Å². The van der Waals surface area contributed by atoms with Gasteiger partial charge in [-0.2, -0.15) is 0 Å². The second-order valence-electron chi connectivity index (χ2n) is 5.00. The first kappa shape index (κ1) is 16.2. The molecular formula is C19H13F2NOS. The van der Waals surface area contributed by atoms with Crippen molar-refractivity contribution >= 4 is 23.0 Å². The van der Waals surface area contributed by atoms with Gasteiger partial charge in [0, 0.05) is 22.7 Å². The van der Waals surface area contributed by atoms with Gasteiger partial charge >= 0.3 is 0 Å². The van der Waals surface area contributed by atoms with Crippen LogP contribution in [0, 0.1) is 11.6 Å². The van der Waals surface area contributed by atoms with Crippen molar-refractivity contribution < 1.29 is 13.0 Å². The Morgan fingerprint density at radius 1 is 0.875 bits per heavy atom. The molecule has 0 saturated heterocycles. The first-order valence-corrected chi connectivity index (χ1v) is 8.34. The Labute approximate surface area is 141 Å². The van der Waals surface area contributed by atoms with Gasteiger partial charge in [-0.05, 0) is 48.6 Å². The molecule has 2 nitrogen and oxygen atoms in total. The van der Waals surface area contributed by atoms with Crippen LogP contribution in [0.2, 0.25) is 0 Å². The average Bonchev–Trinajstić information content (AvgIpc) is 2.62. The van der Waals surface area contributed by atoms with Crippen LogP contribution in [-0.4, -0.2) is 9.19 Å². The lowest BCUT2D eigenvalue weighted by Crippen LogP contribution is -1.94. The molecule has 1 heterocycles. The van der Waals surface area contributed by atoms with E-state index in [1.165, 1.54) is 24.4 Å². The molecule has 0 spiro atoms. The minimum atomic E-state index is -1.29. The second kappa shape index (κ2) is 7.27. The molecule has 3 rings (SSSR count). The van der Waals surface area contributed by atoms with Gasteiger partial charge in [-0.3, -0.25) is 4.98 Å². The van der Waals surface area contributed by atoms with E-state index in [4.69, 9.17) is 0 Å². The number of halogens is 2. The first-order chi connectivity index (χ1) is 11.6. The Morgan fingerprint density at radius 3 is 2.33 bits per heavy atom. The minimum Gasteiger partial charge on any atom is -0.256 e. The molecule has 1 atom stereocenters. The number of hydrogen-bond acceptors (Lipinski definition) is 2. The monoisotopic (exact) mass is 341 g/mol. The van der Waals surface area contributed by atoms with Crippen LogP contribution >= 0.6 is 0 Å². The third-order valence-corrected chi connectivity index (χ3v) is 4.70. The lowest BCUT2D eigenvalue weighted by Gasteiger charge is -2.02. The van der Waals surface area contributed by atoms with Gasteiger partial charge in [0.2, 0.25) is 0 Å². The topological polar surface area (TPSA) is 30.0 Å². The molecule has 0 radical (unpaired) electrons. The highest BCUT2D eigenvalue weighted by atomic mass is 32.2. The van der Waals surface area contributed by atoms with Crippen molar-refractivity contribution in [1.82, 2.24) is 4.98 Å². The molecule has 0 fully saturated rings. The first-order valence-electron chi connectivity index (χ1n) is 7.19. The van der Waals surface area contributed by atoms with E-state index >= 15 is 0 Å². The molecule has 0 saturated carbocycles. The van der Waals surface area contributed by atoms with Crippen LogP contribution in [0.15, 0.2) is 76.7 Å². The van der Waals surface area contributed by atoms with Gasteiger partial charge < -0.3 is 0 Å². The zero-order chi connectivity index (χ0) is 16.9. The van der Waals surface area contributed by atoms with Crippen LogP contribution < -0.4 is 0 Å². The maximum absolute atomic E-state index is 13.6. The number of nitrogens with zero attached hydrogens (tertiary/aromatic N) is 1. The molecular weight excluding hydrogens is 328 g/mol. The molecule has 0 amide bonds. The summed E-state index contributed by atoms with van der Waals surface area (Å²) in [7, 11) is -1.29. The molecule has 5 heteroatoms. The quantitative estimate of drug-likeness (QED) is 0.689. The van der Waals surface area contributed by atoms with E-state index in [9.17, 15) is 13.0 Å². The van der Waals surface area contributed by atoms with Crippen LogP contribution in [0.25, 0.3) is 12.2 Å². The summed E-state index contributed by atoms with van der Waals surface area (Å²) in [6.45, 7) is 0. The molecule has 2 aromatic carbocycles. The Balaban J connectivity index is 1.77. The number of aromatic nitrogens is 1. The Bertz CT molecular complexity index is 893. The zero-order valence-electron chi connectivity index (χ0n) is 12.5. The van der Waals surface area contributed by atoms with Crippen molar-refractivity contribution in [3.63, 3.8) is 0 Å². The van der Waals surface area contributed by atoms with Crippen molar-refractivity contribution in [2.75, 3.05) is 0 Å². The second-order valence-corrected chi connectivity index (χ2v) is 6.48. The van der Waals surface area contributed by atoms with Crippen molar-refractivity contribution in [3.05, 3.63) is 89.8 Å². The lowest BCUT2D eigenvalue weighted by molar-refractivity contribution is 0.581. The van der Waals surface area contributed by atoms with E-state index < -0.39 is 22.4 Å². The maximum Gasteiger partial charge on any atom is 0.133 e. The summed E-state index contributed by atoms with van der Waals surface area (Å²) in [4.78, 5) is 5.50. The summed E-state index contributed by atoms with van der Waals surface area (Å²) in [6.07, 6.45) is 4.67. The molecule has 0 aliphatic rings. The fourth-order valence-electron chi connectivity index (χ4n) is 2.09. The summed E-state index contributed by atoms with van der Waals surface area (Å²) in [5, 5.41) is 0. The highest BCUT2D eigenvalue weighted by molar-refractivity contribution is 7.85. The molecule has 120 valence electrons. The standard InChI is InChI=1S/C19H13F2NOS/c20-15-8-6-14(19(21)12-15)7-9-16-10-11-18(13-22-16)24(23)17-4-2-1-3-5-17/h1-13H/t24-/m1/s1. The molecule has 3 aromatic rings. The fourth-order valence-corrected chi connectivity index (χ4v) is 3.11. The van der Waals surface area contributed by atoms with Crippen molar-refractivity contribution in [2.24, 2.45) is 0 Å². The summed E-state index contributed by atoms with van der Waals surface area (Å²) < 4.78 is 38.8. The summed E-state index contributed by atoms with van der Waals surface area (Å²) in [5.41, 5.74) is 0.864. The molecule has 0 bridgehead atoms. The average molecular weight is 341 g/mol. The van der Waals surface area contributed by atoms with E-state index in [2.05, 4.69) is 4.98 Å². The van der Waals surface area contributed by atoms with Crippen LogP contribution in [0.5, 0.6) is 0 Å². The van der Waals surface area contributed by atoms with Gasteiger partial charge in [0.1, 0.15) is 11.6 Å². The summed E-state index contributed by atoms with van der Waals surface area (Å²) in [6, 6.07) is 15.9. The molecule has 1 aromatic heterocycles. The smallest absolute Gasteiger partial charge is 0.133 e. The van der Waals surface area contributed by atoms with E-state index in [1.54, 1.807) is 30.3 Å². The Kier molecular flexibility index (Phi) is 4.91. The molecule has 0 aliphatic carbocycles. The van der Waals surface area contributed by atoms with Crippen LogP contribution in [-0.2, 0) is 10.8 Å². The van der Waals surface area contributed by atoms with Gasteiger partial charge in [0.25, 0.3) is 0 Å². The molecule has 24 heavy (non-hydrogen) atoms. The van der Waals surface area contributed by atoms with Crippen molar-refractivity contribution in [1.29, 1.82) is 0 Å². The van der Waals surface area contributed by atoms with Crippen LogP contribution in [0.3, 0.4) is 0 Å². The third kappa shape index (κ3) is 3.81. The predicted molar refractivity (Wildman–Crippen MR) is 90.6 cm³/mol. The Morgan fingerprint density at radius 2 is 1.67 bits per heavy atom.